The Labute approximate surface area is 69.6 Å². The van der Waals surface area contributed by atoms with E-state index in [-0.39, 0.29) is 12.3 Å². The second-order valence-corrected chi connectivity index (χ2v) is 2.60. The molecule has 0 heterocycles. The molecule has 0 unspecified atom stereocenters. The van der Waals surface area contributed by atoms with Crippen LogP contribution in [0.25, 0.3) is 0 Å². The van der Waals surface area contributed by atoms with Gasteiger partial charge in [-0.3, -0.25) is 0 Å². The summed E-state index contributed by atoms with van der Waals surface area (Å²) in [5, 5.41) is 18.6. The third-order valence-corrected chi connectivity index (χ3v) is 1.42. The molecule has 0 aliphatic rings. The SMILES string of the molecule is CN(O)Cc1ccc(O)c(F)c1. The highest BCUT2D eigenvalue weighted by molar-refractivity contribution is 5.27. The van der Waals surface area contributed by atoms with Crippen molar-refractivity contribution in [3.05, 3.63) is 29.6 Å². The van der Waals surface area contributed by atoms with E-state index in [1.54, 1.807) is 6.07 Å². The van der Waals surface area contributed by atoms with E-state index in [1.165, 1.54) is 19.2 Å². The zero-order chi connectivity index (χ0) is 9.14. The molecule has 0 atom stereocenters. The van der Waals surface area contributed by atoms with Crippen LogP contribution in [-0.4, -0.2) is 22.4 Å². The average Bonchev–Trinajstić information content (AvgIpc) is 1.96. The Morgan fingerprint density at radius 3 is 2.67 bits per heavy atom. The molecule has 2 N–H and O–H groups in total. The summed E-state index contributed by atoms with van der Waals surface area (Å²) in [6, 6.07) is 3.99. The van der Waals surface area contributed by atoms with Crippen LogP contribution in [0.15, 0.2) is 18.2 Å². The number of benzene rings is 1. The molecular formula is C8H10FNO2. The number of phenolic OH excluding ortho intramolecular Hbond substituents is 1. The van der Waals surface area contributed by atoms with Crippen molar-refractivity contribution >= 4 is 0 Å². The van der Waals surface area contributed by atoms with Crippen molar-refractivity contribution in [1.82, 2.24) is 5.06 Å². The molecule has 0 saturated heterocycles. The van der Waals surface area contributed by atoms with Crippen LogP contribution in [0.4, 0.5) is 4.39 Å². The molecule has 3 nitrogen and oxygen atoms in total. The molecule has 0 bridgehead atoms. The minimum absolute atomic E-state index is 0.233. The van der Waals surface area contributed by atoms with Crippen LogP contribution in [0.3, 0.4) is 0 Å². The third kappa shape index (κ3) is 2.18. The van der Waals surface area contributed by atoms with Crippen LogP contribution >= 0.6 is 0 Å². The van der Waals surface area contributed by atoms with Crippen molar-refractivity contribution in [1.29, 1.82) is 0 Å². The van der Waals surface area contributed by atoms with E-state index in [0.29, 0.717) is 5.56 Å². The summed E-state index contributed by atoms with van der Waals surface area (Å²) in [7, 11) is 1.46. The maximum Gasteiger partial charge on any atom is 0.165 e. The summed E-state index contributed by atoms with van der Waals surface area (Å²) < 4.78 is 12.7. The van der Waals surface area contributed by atoms with Gasteiger partial charge in [0, 0.05) is 13.6 Å². The molecule has 0 aromatic heterocycles. The van der Waals surface area contributed by atoms with E-state index in [9.17, 15) is 4.39 Å². The van der Waals surface area contributed by atoms with Gasteiger partial charge in [-0.05, 0) is 17.7 Å². The maximum absolute atomic E-state index is 12.7. The van der Waals surface area contributed by atoms with E-state index >= 15 is 0 Å². The smallest absolute Gasteiger partial charge is 0.165 e. The predicted molar refractivity (Wildman–Crippen MR) is 41.3 cm³/mol. The van der Waals surface area contributed by atoms with Crippen molar-refractivity contribution in [2.24, 2.45) is 0 Å². The predicted octanol–water partition coefficient (Wildman–Crippen LogP) is 1.35. The summed E-state index contributed by atoms with van der Waals surface area (Å²) in [5.74, 6) is -1.05. The standard InChI is InChI=1S/C8H10FNO2/c1-10(12)5-6-2-3-8(11)7(9)4-6/h2-4,11-12H,5H2,1H3. The Bertz CT molecular complexity index is 276. The molecule has 0 radical (unpaired) electrons. The molecule has 1 rings (SSSR count). The lowest BCUT2D eigenvalue weighted by molar-refractivity contribution is -0.0732. The number of hydrogen-bond acceptors (Lipinski definition) is 3. The molecule has 4 heteroatoms. The molecule has 0 fully saturated rings. The van der Waals surface area contributed by atoms with Crippen molar-refractivity contribution < 1.29 is 14.7 Å². The number of phenols is 1. The number of rotatable bonds is 2. The summed E-state index contributed by atoms with van der Waals surface area (Å²) in [4.78, 5) is 0. The summed E-state index contributed by atoms with van der Waals surface area (Å²) in [6.07, 6.45) is 0. The van der Waals surface area contributed by atoms with Gasteiger partial charge in [0.15, 0.2) is 11.6 Å². The van der Waals surface area contributed by atoms with E-state index in [2.05, 4.69) is 0 Å². The van der Waals surface area contributed by atoms with E-state index in [0.717, 1.165) is 5.06 Å². The first kappa shape index (κ1) is 8.96. The fourth-order valence-electron chi connectivity index (χ4n) is 0.913. The Hall–Kier alpha value is -1.13. The summed E-state index contributed by atoms with van der Waals surface area (Å²) in [5.41, 5.74) is 0.607. The van der Waals surface area contributed by atoms with E-state index in [1.807, 2.05) is 0 Å². The molecule has 0 spiro atoms. The Balaban J connectivity index is 2.82. The largest absolute Gasteiger partial charge is 0.505 e. The van der Waals surface area contributed by atoms with Crippen LogP contribution in [0, 0.1) is 5.82 Å². The van der Waals surface area contributed by atoms with Gasteiger partial charge in [-0.15, -0.1) is 0 Å². The minimum atomic E-state index is -0.672. The lowest BCUT2D eigenvalue weighted by Gasteiger charge is -2.07. The number of halogens is 1. The number of aromatic hydroxyl groups is 1. The molecule has 1 aromatic rings. The molecule has 0 aliphatic heterocycles. The number of hydrogen-bond donors (Lipinski definition) is 2. The molecule has 12 heavy (non-hydrogen) atoms. The number of hydroxylamine groups is 2. The van der Waals surface area contributed by atoms with Gasteiger partial charge < -0.3 is 10.3 Å². The first-order chi connectivity index (χ1) is 5.59. The molecule has 66 valence electrons. The van der Waals surface area contributed by atoms with Crippen LogP contribution in [0.1, 0.15) is 5.56 Å². The fraction of sp³-hybridized carbons (Fsp3) is 0.250. The summed E-state index contributed by atoms with van der Waals surface area (Å²) in [6.45, 7) is 0.233. The Kier molecular flexibility index (Phi) is 2.62. The molecule has 0 aliphatic carbocycles. The third-order valence-electron chi connectivity index (χ3n) is 1.42. The molecule has 0 amide bonds. The van der Waals surface area contributed by atoms with Gasteiger partial charge in [0.1, 0.15) is 0 Å². The Morgan fingerprint density at radius 2 is 2.17 bits per heavy atom. The van der Waals surface area contributed by atoms with Gasteiger partial charge >= 0.3 is 0 Å². The molecule has 0 saturated carbocycles. The topological polar surface area (TPSA) is 43.7 Å². The maximum atomic E-state index is 12.7. The van der Waals surface area contributed by atoms with Crippen molar-refractivity contribution in [3.8, 4) is 5.75 Å². The molecular weight excluding hydrogens is 161 g/mol. The highest BCUT2D eigenvalue weighted by Gasteiger charge is 2.02. The van der Waals surface area contributed by atoms with Crippen LogP contribution in [0.2, 0.25) is 0 Å². The lowest BCUT2D eigenvalue weighted by Crippen LogP contribution is -2.11. The van der Waals surface area contributed by atoms with Crippen molar-refractivity contribution in [2.75, 3.05) is 7.05 Å². The van der Waals surface area contributed by atoms with Gasteiger partial charge in [-0.2, -0.15) is 5.06 Å². The zero-order valence-corrected chi connectivity index (χ0v) is 6.66. The second kappa shape index (κ2) is 3.51. The monoisotopic (exact) mass is 171 g/mol. The van der Waals surface area contributed by atoms with E-state index in [4.69, 9.17) is 10.3 Å². The minimum Gasteiger partial charge on any atom is -0.505 e. The Morgan fingerprint density at radius 1 is 1.50 bits per heavy atom. The van der Waals surface area contributed by atoms with Gasteiger partial charge in [0.25, 0.3) is 0 Å². The lowest BCUT2D eigenvalue weighted by atomic mass is 10.2. The van der Waals surface area contributed by atoms with E-state index < -0.39 is 5.82 Å². The van der Waals surface area contributed by atoms with Gasteiger partial charge in [0.2, 0.25) is 0 Å². The van der Waals surface area contributed by atoms with Crippen LogP contribution < -0.4 is 0 Å². The average molecular weight is 171 g/mol. The highest BCUT2D eigenvalue weighted by atomic mass is 19.1. The highest BCUT2D eigenvalue weighted by Crippen LogP contribution is 2.16. The summed E-state index contributed by atoms with van der Waals surface area (Å²) >= 11 is 0. The van der Waals surface area contributed by atoms with Gasteiger partial charge in [-0.25, -0.2) is 4.39 Å². The van der Waals surface area contributed by atoms with Crippen molar-refractivity contribution in [2.45, 2.75) is 6.54 Å². The first-order valence-corrected chi connectivity index (χ1v) is 3.47. The van der Waals surface area contributed by atoms with Gasteiger partial charge in [-0.1, -0.05) is 6.07 Å². The van der Waals surface area contributed by atoms with Crippen LogP contribution in [-0.2, 0) is 6.54 Å². The fourth-order valence-corrected chi connectivity index (χ4v) is 0.913. The first-order valence-electron chi connectivity index (χ1n) is 3.47. The van der Waals surface area contributed by atoms with Gasteiger partial charge in [0.05, 0.1) is 0 Å². The zero-order valence-electron chi connectivity index (χ0n) is 6.66. The molecule has 1 aromatic carbocycles. The quantitative estimate of drug-likeness (QED) is 0.660. The van der Waals surface area contributed by atoms with Crippen molar-refractivity contribution in [3.63, 3.8) is 0 Å². The second-order valence-electron chi connectivity index (χ2n) is 2.60. The number of nitrogens with zero attached hydrogens (tertiary/aromatic N) is 1. The normalized spacial score (nSPS) is 10.7. The van der Waals surface area contributed by atoms with Crippen LogP contribution in [0.5, 0.6) is 5.75 Å².